The summed E-state index contributed by atoms with van der Waals surface area (Å²) in [6.45, 7) is 13.1. The molecule has 0 N–H and O–H groups in total. The molecule has 0 aromatic heterocycles. The fraction of sp³-hybridized carbons (Fsp3) is 0.560. The van der Waals surface area contributed by atoms with E-state index in [1.54, 1.807) is 22.3 Å². The fourth-order valence-corrected chi connectivity index (χ4v) is 4.33. The van der Waals surface area contributed by atoms with E-state index in [1.165, 1.54) is 52.9 Å². The minimum absolute atomic E-state index is 0.812. The van der Waals surface area contributed by atoms with Gasteiger partial charge in [-0.25, -0.2) is 12.1 Å². The van der Waals surface area contributed by atoms with E-state index in [4.69, 9.17) is 17.0 Å². The number of hydrogen-bond donors (Lipinski definition) is 0. The first-order valence-corrected chi connectivity index (χ1v) is 18.3. The van der Waals surface area contributed by atoms with Crippen LogP contribution in [0.5, 0.6) is 0 Å². The summed E-state index contributed by atoms with van der Waals surface area (Å²) in [5, 5.41) is 0. The molecule has 2 aliphatic rings. The molecule has 0 fully saturated rings. The van der Waals surface area contributed by atoms with Crippen molar-refractivity contribution in [3.8, 4) is 0 Å². The number of halogens is 2. The zero-order chi connectivity index (χ0) is 20.8. The van der Waals surface area contributed by atoms with Crippen LogP contribution in [0.15, 0.2) is 24.3 Å². The van der Waals surface area contributed by atoms with Gasteiger partial charge in [0.2, 0.25) is 0 Å². The normalized spacial score (nSPS) is 20.0. The summed E-state index contributed by atoms with van der Waals surface area (Å²) in [4.78, 5) is 0. The zero-order valence-corrected chi connectivity index (χ0v) is 22.4. The molecule has 2 atom stereocenters. The van der Waals surface area contributed by atoms with Crippen molar-refractivity contribution in [3.05, 3.63) is 57.6 Å². The van der Waals surface area contributed by atoms with Crippen LogP contribution in [0.4, 0.5) is 0 Å². The van der Waals surface area contributed by atoms with Crippen molar-refractivity contribution in [2.45, 2.75) is 91.9 Å². The van der Waals surface area contributed by atoms with Gasteiger partial charge in [0, 0.05) is 0 Å². The molecule has 4 rings (SSSR count). The maximum Gasteiger partial charge on any atom is -0.0512 e. The summed E-state index contributed by atoms with van der Waals surface area (Å²) in [7, 11) is 11.1. The average molecular weight is 499 g/mol. The summed E-state index contributed by atoms with van der Waals surface area (Å²) in [5.74, 6) is 1.62. The van der Waals surface area contributed by atoms with Crippen LogP contribution in [0.25, 0.3) is 0 Å². The number of fused-ring (bicyclic) bond motifs is 2. The Morgan fingerprint density at radius 3 is 1.50 bits per heavy atom. The van der Waals surface area contributed by atoms with E-state index < -0.39 is 18.9 Å². The van der Waals surface area contributed by atoms with E-state index in [9.17, 15) is 0 Å². The third-order valence-corrected chi connectivity index (χ3v) is 12.2. The summed E-state index contributed by atoms with van der Waals surface area (Å²) in [6, 6.07) is 9.42. The smallest absolute Gasteiger partial charge is 0.0512 e. The first-order valence-electron chi connectivity index (χ1n) is 10.7. The first-order chi connectivity index (χ1) is 13.2. The Morgan fingerprint density at radius 1 is 0.857 bits per heavy atom. The van der Waals surface area contributed by atoms with Crippen LogP contribution in [0.2, 0.25) is 0 Å². The van der Waals surface area contributed by atoms with Gasteiger partial charge in [-0.15, -0.1) is 0 Å². The monoisotopic (exact) mass is 496 g/mol. The molecule has 0 radical (unpaired) electrons. The summed E-state index contributed by atoms with van der Waals surface area (Å²) < 4.78 is 1.24. The molecule has 0 bridgehead atoms. The van der Waals surface area contributed by atoms with Crippen molar-refractivity contribution in [1.82, 2.24) is 0 Å². The van der Waals surface area contributed by atoms with Crippen LogP contribution in [0.1, 0.15) is 98.6 Å². The van der Waals surface area contributed by atoms with Gasteiger partial charge >= 0.3 is 53.0 Å². The number of hydrogen-bond acceptors (Lipinski definition) is 0. The first kappa shape index (κ1) is 24.3. The van der Waals surface area contributed by atoms with Crippen LogP contribution in [0.3, 0.4) is 0 Å². The largest absolute Gasteiger partial charge is 0.207 e. The minimum Gasteiger partial charge on any atom is -0.207 e. The molecule has 0 aliphatic heterocycles. The maximum atomic E-state index is 5.54. The molecule has 2 aliphatic carbocycles. The Hall–Kier alpha value is 0.0331. The van der Waals surface area contributed by atoms with E-state index in [0.717, 1.165) is 11.8 Å². The van der Waals surface area contributed by atoms with Gasteiger partial charge in [-0.2, -0.15) is 45.5 Å². The molecule has 0 spiro atoms. The second-order valence-corrected chi connectivity index (χ2v) is 18.2. The Bertz CT molecular complexity index is 719. The van der Waals surface area contributed by atoms with Crippen molar-refractivity contribution in [3.63, 3.8) is 0 Å². The molecule has 2 aromatic carbocycles. The molecular weight excluding hydrogens is 462 g/mol. The summed E-state index contributed by atoms with van der Waals surface area (Å²) >= 11 is -1.84. The van der Waals surface area contributed by atoms with Gasteiger partial charge < -0.3 is 0 Å². The standard InChI is InChI=1S/2C11H15.C3H6.2ClH.Zr/c2*1-8-6-10-5-3-4-9(2)11(10)7-8;1-3-2;;;/h2*6-7,9H,3-5H2,1-2H3;1-2H3;2*1H;/q2*-1;;;;+2/p-2. The Kier molecular flexibility index (Phi) is 9.92. The van der Waals surface area contributed by atoms with Crippen LogP contribution in [0, 0.1) is 13.8 Å². The second kappa shape index (κ2) is 11.4. The van der Waals surface area contributed by atoms with Gasteiger partial charge in [0.05, 0.1) is 0 Å². The summed E-state index contributed by atoms with van der Waals surface area (Å²) in [5.41, 5.74) is 9.36. The van der Waals surface area contributed by atoms with Gasteiger partial charge in [0.25, 0.3) is 0 Å². The predicted octanol–water partition coefficient (Wildman–Crippen LogP) is 8.43. The third-order valence-electron chi connectivity index (χ3n) is 5.92. The molecule has 3 heteroatoms. The van der Waals surface area contributed by atoms with E-state index >= 15 is 0 Å². The van der Waals surface area contributed by atoms with Crippen molar-refractivity contribution >= 4 is 20.2 Å². The topological polar surface area (TPSA) is 0 Å². The van der Waals surface area contributed by atoms with E-state index in [0.29, 0.717) is 0 Å². The fourth-order valence-electron chi connectivity index (χ4n) is 4.33. The molecule has 0 nitrogen and oxygen atoms in total. The van der Waals surface area contributed by atoms with Gasteiger partial charge in [-0.3, -0.25) is 0 Å². The molecule has 0 saturated carbocycles. The Labute approximate surface area is 187 Å². The number of aryl methyl sites for hydroxylation is 4. The van der Waals surface area contributed by atoms with E-state index in [2.05, 4.69) is 52.0 Å². The molecule has 2 unspecified atom stereocenters. The second-order valence-electron chi connectivity index (χ2n) is 8.87. The van der Waals surface area contributed by atoms with Crippen LogP contribution < -0.4 is 0 Å². The summed E-state index contributed by atoms with van der Waals surface area (Å²) in [6.07, 6.45) is 8.17. The predicted molar refractivity (Wildman–Crippen MR) is 124 cm³/mol. The molecule has 0 heterocycles. The minimum atomic E-state index is -1.84. The third kappa shape index (κ3) is 7.07. The van der Waals surface area contributed by atoms with Crippen LogP contribution in [-0.4, -0.2) is 3.21 Å². The van der Waals surface area contributed by atoms with Gasteiger partial charge in [0.1, 0.15) is 0 Å². The SMILES string of the molecule is C[C](C)=[Zr]([Cl])[Cl].Cc1cc2c([cH-]1)CCCC2C.Cc1cc2c([cH-]1)CCCC2C. The van der Waals surface area contributed by atoms with Crippen molar-refractivity contribution in [2.24, 2.45) is 0 Å². The molecule has 28 heavy (non-hydrogen) atoms. The van der Waals surface area contributed by atoms with Crippen molar-refractivity contribution in [2.75, 3.05) is 0 Å². The molecular formula is C25H36Cl2Zr-2. The van der Waals surface area contributed by atoms with Crippen molar-refractivity contribution in [1.29, 1.82) is 0 Å². The zero-order valence-electron chi connectivity index (χ0n) is 18.5. The molecule has 2 aromatic rings. The number of rotatable bonds is 0. The van der Waals surface area contributed by atoms with Crippen LogP contribution in [-0.2, 0) is 31.7 Å². The maximum absolute atomic E-state index is 5.54. The van der Waals surface area contributed by atoms with Crippen LogP contribution >= 0.6 is 17.0 Å². The average Bonchev–Trinajstić information content (AvgIpc) is 3.19. The Balaban J connectivity index is 0.000000158. The van der Waals surface area contributed by atoms with E-state index in [-0.39, 0.29) is 0 Å². The van der Waals surface area contributed by atoms with Gasteiger partial charge in [-0.05, 0) is 0 Å². The quantitative estimate of drug-likeness (QED) is 0.320. The van der Waals surface area contributed by atoms with Gasteiger partial charge in [-0.1, -0.05) is 78.1 Å². The van der Waals surface area contributed by atoms with Crippen molar-refractivity contribution < 1.29 is 18.9 Å². The Morgan fingerprint density at radius 2 is 1.21 bits per heavy atom. The van der Waals surface area contributed by atoms with Gasteiger partial charge in [0.15, 0.2) is 0 Å². The molecule has 0 amide bonds. The van der Waals surface area contributed by atoms with E-state index in [1.807, 2.05) is 13.8 Å². The molecule has 156 valence electrons. The molecule has 0 saturated heterocycles.